The number of nitrogens with zero attached hydrogens (tertiary/aromatic N) is 2. The smallest absolute Gasteiger partial charge is 0.270 e. The maximum absolute atomic E-state index is 13.2. The van der Waals surface area contributed by atoms with Crippen LogP contribution in [0.1, 0.15) is 19.4 Å². The Morgan fingerprint density at radius 2 is 1.71 bits per heavy atom. The number of hydrogen-bond acceptors (Lipinski definition) is 6. The van der Waals surface area contributed by atoms with Crippen LogP contribution in [0.15, 0.2) is 48.0 Å². The fourth-order valence-corrected chi connectivity index (χ4v) is 3.66. The summed E-state index contributed by atoms with van der Waals surface area (Å²) in [4.78, 5) is 29.3. The molecule has 0 radical (unpaired) electrons. The first-order valence-corrected chi connectivity index (χ1v) is 10.3. The van der Waals surface area contributed by atoms with E-state index in [1.807, 2.05) is 18.2 Å². The SMILES string of the molecule is CCN(CC)c1ccc(C=C2C(=O)NC(=S)N(c3ccc(OC)cc3)C2=O)c(OC)c1. The van der Waals surface area contributed by atoms with Crippen LogP contribution < -0.4 is 24.6 Å². The van der Waals surface area contributed by atoms with Crippen LogP contribution in [0.5, 0.6) is 11.5 Å². The van der Waals surface area contributed by atoms with Crippen molar-refractivity contribution < 1.29 is 19.1 Å². The Morgan fingerprint density at radius 1 is 1.03 bits per heavy atom. The quantitative estimate of drug-likeness (QED) is 0.405. The lowest BCUT2D eigenvalue weighted by molar-refractivity contribution is -0.122. The summed E-state index contributed by atoms with van der Waals surface area (Å²) in [6.07, 6.45) is 1.53. The number of thiocarbonyl (C=S) groups is 1. The maximum atomic E-state index is 13.2. The molecule has 7 nitrogen and oxygen atoms in total. The van der Waals surface area contributed by atoms with Gasteiger partial charge in [-0.1, -0.05) is 0 Å². The molecular formula is C23H25N3O4S. The molecule has 0 spiro atoms. The van der Waals surface area contributed by atoms with E-state index in [9.17, 15) is 9.59 Å². The molecule has 1 aliphatic rings. The molecule has 1 aliphatic heterocycles. The van der Waals surface area contributed by atoms with Gasteiger partial charge >= 0.3 is 0 Å². The summed E-state index contributed by atoms with van der Waals surface area (Å²) >= 11 is 5.25. The summed E-state index contributed by atoms with van der Waals surface area (Å²) in [5, 5.41) is 2.62. The minimum Gasteiger partial charge on any atom is -0.497 e. The van der Waals surface area contributed by atoms with Crippen molar-refractivity contribution in [1.82, 2.24) is 5.32 Å². The molecule has 1 fully saturated rings. The summed E-state index contributed by atoms with van der Waals surface area (Å²) in [5.41, 5.74) is 2.13. The molecule has 31 heavy (non-hydrogen) atoms. The Bertz CT molecular complexity index is 1030. The van der Waals surface area contributed by atoms with E-state index in [4.69, 9.17) is 21.7 Å². The Balaban J connectivity index is 1.99. The third-order valence-corrected chi connectivity index (χ3v) is 5.36. The van der Waals surface area contributed by atoms with E-state index in [0.29, 0.717) is 22.7 Å². The van der Waals surface area contributed by atoms with Crippen molar-refractivity contribution >= 4 is 46.6 Å². The van der Waals surface area contributed by atoms with Crippen molar-refractivity contribution in [3.05, 3.63) is 53.6 Å². The second-order valence-electron chi connectivity index (χ2n) is 6.75. The van der Waals surface area contributed by atoms with Gasteiger partial charge in [0.25, 0.3) is 11.8 Å². The zero-order chi connectivity index (χ0) is 22.5. The average molecular weight is 440 g/mol. The number of carbonyl (C=O) groups is 2. The van der Waals surface area contributed by atoms with Gasteiger partial charge in [0.15, 0.2) is 5.11 Å². The molecule has 162 valence electrons. The molecular weight excluding hydrogens is 414 g/mol. The summed E-state index contributed by atoms with van der Waals surface area (Å²) < 4.78 is 10.7. The molecule has 2 amide bonds. The number of hydrogen-bond donors (Lipinski definition) is 1. The number of rotatable bonds is 7. The fraction of sp³-hybridized carbons (Fsp3) is 0.261. The molecule has 0 bridgehead atoms. The third-order valence-electron chi connectivity index (χ3n) is 5.08. The first-order chi connectivity index (χ1) is 14.9. The average Bonchev–Trinajstić information content (AvgIpc) is 2.78. The van der Waals surface area contributed by atoms with Gasteiger partial charge in [-0.05, 0) is 68.5 Å². The molecule has 8 heteroatoms. The van der Waals surface area contributed by atoms with Crippen molar-refractivity contribution in [3.8, 4) is 11.5 Å². The molecule has 0 unspecified atom stereocenters. The molecule has 0 saturated carbocycles. The second-order valence-corrected chi connectivity index (χ2v) is 7.14. The van der Waals surface area contributed by atoms with Gasteiger partial charge in [-0.3, -0.25) is 19.8 Å². The van der Waals surface area contributed by atoms with Gasteiger partial charge in [0.2, 0.25) is 0 Å². The predicted octanol–water partition coefficient (Wildman–Crippen LogP) is 3.38. The Kier molecular flexibility index (Phi) is 6.91. The van der Waals surface area contributed by atoms with Crippen molar-refractivity contribution in [2.24, 2.45) is 0 Å². The number of anilines is 2. The Morgan fingerprint density at radius 3 is 2.29 bits per heavy atom. The zero-order valence-corrected chi connectivity index (χ0v) is 18.8. The molecule has 1 heterocycles. The summed E-state index contributed by atoms with van der Waals surface area (Å²) in [6.45, 7) is 5.87. The lowest BCUT2D eigenvalue weighted by Gasteiger charge is -2.29. The Labute approximate surface area is 187 Å². The van der Waals surface area contributed by atoms with E-state index in [1.165, 1.54) is 11.0 Å². The fourth-order valence-electron chi connectivity index (χ4n) is 3.38. The predicted molar refractivity (Wildman–Crippen MR) is 126 cm³/mol. The molecule has 1 N–H and O–H groups in total. The highest BCUT2D eigenvalue weighted by molar-refractivity contribution is 7.80. The molecule has 2 aromatic rings. The van der Waals surface area contributed by atoms with Crippen LogP contribution in [0.3, 0.4) is 0 Å². The van der Waals surface area contributed by atoms with Crippen LogP contribution in [-0.2, 0) is 9.59 Å². The molecule has 0 aromatic heterocycles. The highest BCUT2D eigenvalue weighted by Gasteiger charge is 2.34. The highest BCUT2D eigenvalue weighted by atomic mass is 32.1. The standard InChI is InChI=1S/C23H25N3O4S/c1-5-25(6-2)17-8-7-15(20(14-17)30-4)13-19-21(27)24-23(31)26(22(19)28)16-9-11-18(29-3)12-10-16/h7-14H,5-6H2,1-4H3,(H,24,27,31). The van der Waals surface area contributed by atoms with E-state index in [-0.39, 0.29) is 10.7 Å². The van der Waals surface area contributed by atoms with Gasteiger partial charge < -0.3 is 14.4 Å². The monoisotopic (exact) mass is 439 g/mol. The van der Waals surface area contributed by atoms with Gasteiger partial charge in [-0.2, -0.15) is 0 Å². The lowest BCUT2D eigenvalue weighted by Crippen LogP contribution is -2.54. The first-order valence-electron chi connectivity index (χ1n) is 9.91. The molecule has 1 saturated heterocycles. The van der Waals surface area contributed by atoms with Crippen LogP contribution in [0.25, 0.3) is 6.08 Å². The van der Waals surface area contributed by atoms with E-state index < -0.39 is 11.8 Å². The lowest BCUT2D eigenvalue weighted by atomic mass is 10.1. The molecule has 0 atom stereocenters. The number of carbonyl (C=O) groups excluding carboxylic acids is 2. The molecule has 0 aliphatic carbocycles. The minimum atomic E-state index is -0.547. The van der Waals surface area contributed by atoms with Gasteiger partial charge in [0, 0.05) is 30.4 Å². The topological polar surface area (TPSA) is 71.1 Å². The van der Waals surface area contributed by atoms with Crippen molar-refractivity contribution in [3.63, 3.8) is 0 Å². The van der Waals surface area contributed by atoms with E-state index in [1.54, 1.807) is 38.5 Å². The summed E-state index contributed by atoms with van der Waals surface area (Å²) in [5.74, 6) is 0.169. The third kappa shape index (κ3) is 4.54. The van der Waals surface area contributed by atoms with Crippen LogP contribution in [0.4, 0.5) is 11.4 Å². The van der Waals surface area contributed by atoms with Crippen molar-refractivity contribution in [1.29, 1.82) is 0 Å². The number of nitrogens with one attached hydrogen (secondary N) is 1. The van der Waals surface area contributed by atoms with E-state index >= 15 is 0 Å². The summed E-state index contributed by atoms with van der Waals surface area (Å²) in [7, 11) is 3.12. The Hall–Kier alpha value is -3.39. The van der Waals surface area contributed by atoms with Crippen LogP contribution in [0, 0.1) is 0 Å². The number of amides is 2. The number of methoxy groups -OCH3 is 2. The van der Waals surface area contributed by atoms with Crippen molar-refractivity contribution in [2.75, 3.05) is 37.1 Å². The summed E-state index contributed by atoms with van der Waals surface area (Å²) in [6, 6.07) is 12.5. The van der Waals surface area contributed by atoms with E-state index in [2.05, 4.69) is 24.1 Å². The normalized spacial score (nSPS) is 15.2. The zero-order valence-electron chi connectivity index (χ0n) is 18.0. The minimum absolute atomic E-state index is 0.0289. The maximum Gasteiger partial charge on any atom is 0.270 e. The van der Waals surface area contributed by atoms with Crippen LogP contribution in [0.2, 0.25) is 0 Å². The van der Waals surface area contributed by atoms with Crippen LogP contribution >= 0.6 is 12.2 Å². The second kappa shape index (κ2) is 9.61. The number of benzene rings is 2. The molecule has 3 rings (SSSR count). The van der Waals surface area contributed by atoms with Gasteiger partial charge in [-0.25, -0.2) is 0 Å². The van der Waals surface area contributed by atoms with E-state index in [0.717, 1.165) is 18.8 Å². The van der Waals surface area contributed by atoms with Crippen molar-refractivity contribution in [2.45, 2.75) is 13.8 Å². The highest BCUT2D eigenvalue weighted by Crippen LogP contribution is 2.29. The van der Waals surface area contributed by atoms with Gasteiger partial charge in [-0.15, -0.1) is 0 Å². The van der Waals surface area contributed by atoms with Gasteiger partial charge in [0.1, 0.15) is 17.1 Å². The number of ether oxygens (including phenoxy) is 2. The largest absolute Gasteiger partial charge is 0.497 e. The van der Waals surface area contributed by atoms with Gasteiger partial charge in [0.05, 0.1) is 19.9 Å². The first kappa shape index (κ1) is 22.3. The van der Waals surface area contributed by atoms with Crippen LogP contribution in [-0.4, -0.2) is 44.2 Å². The molecule has 2 aromatic carbocycles.